The van der Waals surface area contributed by atoms with E-state index in [9.17, 15) is 0 Å². The van der Waals surface area contributed by atoms with Gasteiger partial charge in [-0.2, -0.15) is 5.10 Å². The SMILES string of the molecule is Cc1ccc(-c2cnc3c(N)nn(C)c3n2)cc1. The van der Waals surface area contributed by atoms with Crippen LogP contribution in [-0.4, -0.2) is 19.7 Å². The third kappa shape index (κ3) is 1.60. The Morgan fingerprint density at radius 3 is 2.61 bits per heavy atom. The Hall–Kier alpha value is -2.43. The second-order valence-corrected chi connectivity index (χ2v) is 4.30. The van der Waals surface area contributed by atoms with Crippen molar-refractivity contribution in [1.82, 2.24) is 19.7 Å². The molecule has 0 saturated heterocycles. The number of hydrogen-bond donors (Lipinski definition) is 1. The second kappa shape index (κ2) is 3.80. The van der Waals surface area contributed by atoms with Crippen LogP contribution >= 0.6 is 0 Å². The van der Waals surface area contributed by atoms with Gasteiger partial charge >= 0.3 is 0 Å². The standard InChI is InChI=1S/C13H13N5/c1-8-3-5-9(6-4-8)10-7-15-11-12(14)17-18(2)13(11)16-10/h3-7H,1-2H3,(H2,14,17). The minimum atomic E-state index is 0.412. The number of benzene rings is 1. The van der Waals surface area contributed by atoms with Crippen molar-refractivity contribution in [2.75, 3.05) is 5.73 Å². The van der Waals surface area contributed by atoms with Crippen molar-refractivity contribution in [3.8, 4) is 11.3 Å². The average Bonchev–Trinajstić information content (AvgIpc) is 2.66. The van der Waals surface area contributed by atoms with E-state index in [0.717, 1.165) is 11.3 Å². The van der Waals surface area contributed by atoms with Gasteiger partial charge in [0.2, 0.25) is 0 Å². The quantitative estimate of drug-likeness (QED) is 0.704. The number of aryl methyl sites for hydroxylation is 2. The first-order valence-electron chi connectivity index (χ1n) is 5.67. The zero-order valence-electron chi connectivity index (χ0n) is 10.3. The fourth-order valence-corrected chi connectivity index (χ4v) is 1.91. The van der Waals surface area contributed by atoms with Gasteiger partial charge in [-0.05, 0) is 6.92 Å². The lowest BCUT2D eigenvalue weighted by Crippen LogP contribution is -1.94. The number of nitrogen functional groups attached to an aromatic ring is 1. The number of rotatable bonds is 1. The van der Waals surface area contributed by atoms with Crippen LogP contribution in [0.5, 0.6) is 0 Å². The van der Waals surface area contributed by atoms with Crippen LogP contribution in [0.1, 0.15) is 5.56 Å². The molecule has 0 atom stereocenters. The van der Waals surface area contributed by atoms with Crippen molar-refractivity contribution >= 4 is 17.0 Å². The Morgan fingerprint density at radius 1 is 1.17 bits per heavy atom. The molecule has 2 heterocycles. The molecule has 3 rings (SSSR count). The van der Waals surface area contributed by atoms with Gasteiger partial charge in [0.1, 0.15) is 0 Å². The van der Waals surface area contributed by atoms with Crippen LogP contribution in [0.25, 0.3) is 22.4 Å². The maximum atomic E-state index is 5.75. The summed E-state index contributed by atoms with van der Waals surface area (Å²) in [6, 6.07) is 8.17. The van der Waals surface area contributed by atoms with Gasteiger partial charge in [-0.25, -0.2) is 14.6 Å². The number of fused-ring (bicyclic) bond motifs is 1. The second-order valence-electron chi connectivity index (χ2n) is 4.30. The van der Waals surface area contributed by atoms with E-state index in [1.165, 1.54) is 5.56 Å². The number of aromatic nitrogens is 4. The first kappa shape index (κ1) is 10.7. The van der Waals surface area contributed by atoms with Crippen LogP contribution in [-0.2, 0) is 7.05 Å². The van der Waals surface area contributed by atoms with E-state index in [1.807, 2.05) is 19.2 Å². The molecule has 0 bridgehead atoms. The van der Waals surface area contributed by atoms with Crippen molar-refractivity contribution in [3.05, 3.63) is 36.0 Å². The Labute approximate surface area is 104 Å². The zero-order valence-corrected chi connectivity index (χ0v) is 10.3. The van der Waals surface area contributed by atoms with E-state index in [0.29, 0.717) is 17.0 Å². The first-order chi connectivity index (χ1) is 8.65. The van der Waals surface area contributed by atoms with Gasteiger partial charge in [0.15, 0.2) is 17.0 Å². The number of nitrogens with two attached hydrogens (primary N) is 1. The fourth-order valence-electron chi connectivity index (χ4n) is 1.91. The molecule has 18 heavy (non-hydrogen) atoms. The third-order valence-electron chi connectivity index (χ3n) is 2.91. The van der Waals surface area contributed by atoms with Gasteiger partial charge < -0.3 is 5.73 Å². The van der Waals surface area contributed by atoms with Gasteiger partial charge in [-0.3, -0.25) is 0 Å². The predicted molar refractivity (Wildman–Crippen MR) is 70.9 cm³/mol. The molecule has 0 spiro atoms. The van der Waals surface area contributed by atoms with Gasteiger partial charge in [-0.15, -0.1) is 0 Å². The van der Waals surface area contributed by atoms with Gasteiger partial charge in [0.05, 0.1) is 11.9 Å². The highest BCUT2D eigenvalue weighted by atomic mass is 15.3. The summed E-state index contributed by atoms with van der Waals surface area (Å²) in [4.78, 5) is 8.88. The van der Waals surface area contributed by atoms with Crippen LogP contribution in [0.15, 0.2) is 30.5 Å². The molecule has 0 saturated carbocycles. The van der Waals surface area contributed by atoms with E-state index < -0.39 is 0 Å². The summed E-state index contributed by atoms with van der Waals surface area (Å²) in [5.74, 6) is 0.412. The summed E-state index contributed by atoms with van der Waals surface area (Å²) in [7, 11) is 1.81. The molecule has 0 aliphatic heterocycles. The average molecular weight is 239 g/mol. The summed E-state index contributed by atoms with van der Waals surface area (Å²) in [5.41, 5.74) is 10.2. The molecule has 3 aromatic rings. The van der Waals surface area contributed by atoms with Gasteiger partial charge in [0, 0.05) is 12.6 Å². The van der Waals surface area contributed by atoms with E-state index >= 15 is 0 Å². The van der Waals surface area contributed by atoms with Crippen molar-refractivity contribution in [1.29, 1.82) is 0 Å². The smallest absolute Gasteiger partial charge is 0.179 e. The topological polar surface area (TPSA) is 69.6 Å². The number of anilines is 1. The van der Waals surface area contributed by atoms with Crippen LogP contribution in [0.3, 0.4) is 0 Å². The highest BCUT2D eigenvalue weighted by Crippen LogP contribution is 2.21. The lowest BCUT2D eigenvalue weighted by atomic mass is 10.1. The minimum Gasteiger partial charge on any atom is -0.380 e. The minimum absolute atomic E-state index is 0.412. The largest absolute Gasteiger partial charge is 0.380 e. The molecule has 1 aromatic carbocycles. The molecule has 2 aromatic heterocycles. The maximum absolute atomic E-state index is 5.75. The van der Waals surface area contributed by atoms with E-state index in [4.69, 9.17) is 5.73 Å². The lowest BCUT2D eigenvalue weighted by Gasteiger charge is -2.01. The molecule has 5 heteroatoms. The molecular weight excluding hydrogens is 226 g/mol. The number of hydrogen-bond acceptors (Lipinski definition) is 4. The van der Waals surface area contributed by atoms with Crippen molar-refractivity contribution in [2.45, 2.75) is 6.92 Å². The van der Waals surface area contributed by atoms with Crippen molar-refractivity contribution in [3.63, 3.8) is 0 Å². The van der Waals surface area contributed by atoms with E-state index in [2.05, 4.69) is 34.1 Å². The van der Waals surface area contributed by atoms with E-state index in [-0.39, 0.29) is 0 Å². The molecule has 0 fully saturated rings. The summed E-state index contributed by atoms with van der Waals surface area (Å²) < 4.78 is 1.65. The molecule has 90 valence electrons. The molecule has 0 unspecified atom stereocenters. The van der Waals surface area contributed by atoms with E-state index in [1.54, 1.807) is 10.9 Å². The zero-order chi connectivity index (χ0) is 12.7. The summed E-state index contributed by atoms with van der Waals surface area (Å²) in [6.07, 6.45) is 1.73. The maximum Gasteiger partial charge on any atom is 0.179 e. The Balaban J connectivity index is 2.18. The third-order valence-corrected chi connectivity index (χ3v) is 2.91. The molecular formula is C13H13N5. The number of nitrogens with zero attached hydrogens (tertiary/aromatic N) is 4. The summed E-state index contributed by atoms with van der Waals surface area (Å²) in [6.45, 7) is 2.06. The van der Waals surface area contributed by atoms with Gasteiger partial charge in [-0.1, -0.05) is 29.8 Å². The van der Waals surface area contributed by atoms with Crippen LogP contribution in [0.2, 0.25) is 0 Å². The van der Waals surface area contributed by atoms with Gasteiger partial charge in [0.25, 0.3) is 0 Å². The summed E-state index contributed by atoms with van der Waals surface area (Å²) in [5, 5.41) is 4.11. The highest BCUT2D eigenvalue weighted by molar-refractivity contribution is 5.83. The molecule has 5 nitrogen and oxygen atoms in total. The Kier molecular flexibility index (Phi) is 2.26. The summed E-state index contributed by atoms with van der Waals surface area (Å²) >= 11 is 0. The molecule has 0 amide bonds. The van der Waals surface area contributed by atoms with Crippen LogP contribution in [0.4, 0.5) is 5.82 Å². The lowest BCUT2D eigenvalue weighted by molar-refractivity contribution is 0.791. The highest BCUT2D eigenvalue weighted by Gasteiger charge is 2.10. The molecule has 0 aliphatic carbocycles. The Bertz CT molecular complexity index is 712. The Morgan fingerprint density at radius 2 is 1.89 bits per heavy atom. The first-order valence-corrected chi connectivity index (χ1v) is 5.67. The molecule has 0 radical (unpaired) electrons. The van der Waals surface area contributed by atoms with Crippen molar-refractivity contribution in [2.24, 2.45) is 7.05 Å². The monoisotopic (exact) mass is 239 g/mol. The predicted octanol–water partition coefficient (Wildman–Crippen LogP) is 1.92. The molecule has 0 aliphatic rings. The molecule has 2 N–H and O–H groups in total. The normalized spacial score (nSPS) is 11.0. The van der Waals surface area contributed by atoms with Crippen LogP contribution in [0, 0.1) is 6.92 Å². The fraction of sp³-hybridized carbons (Fsp3) is 0.154. The van der Waals surface area contributed by atoms with Crippen molar-refractivity contribution < 1.29 is 0 Å². The van der Waals surface area contributed by atoms with Crippen LogP contribution < -0.4 is 5.73 Å².